The van der Waals surface area contributed by atoms with Crippen molar-refractivity contribution in [2.24, 2.45) is 0 Å². The van der Waals surface area contributed by atoms with Crippen LogP contribution in [0.25, 0.3) is 0 Å². The molecule has 8 nitrogen and oxygen atoms in total. The van der Waals surface area contributed by atoms with Crippen molar-refractivity contribution < 1.29 is 14.6 Å². The molecule has 25 heavy (non-hydrogen) atoms. The highest BCUT2D eigenvalue weighted by molar-refractivity contribution is 5.92. The number of aromatic amines is 1. The molecule has 2 saturated heterocycles. The molecule has 138 valence electrons. The third-order valence-corrected chi connectivity index (χ3v) is 4.92. The summed E-state index contributed by atoms with van der Waals surface area (Å²) in [5, 5.41) is 11.0. The van der Waals surface area contributed by atoms with Crippen LogP contribution in [0.3, 0.4) is 0 Å². The molecule has 3 heterocycles. The number of carbonyl (C=O) groups excluding carboxylic acids is 1. The molecule has 0 radical (unpaired) electrons. The number of hydrogen-bond acceptors (Lipinski definition) is 6. The van der Waals surface area contributed by atoms with Gasteiger partial charge < -0.3 is 19.7 Å². The lowest BCUT2D eigenvalue weighted by Gasteiger charge is -2.35. The normalized spacial score (nSPS) is 25.6. The average molecular weight is 350 g/mol. The highest BCUT2D eigenvalue weighted by Gasteiger charge is 2.34. The molecule has 1 atom stereocenters. The Hall–Kier alpha value is -1.77. The lowest BCUT2D eigenvalue weighted by atomic mass is 9.94. The maximum Gasteiger partial charge on any atom is 0.345 e. The molecule has 0 saturated carbocycles. The smallest absolute Gasteiger partial charge is 0.345 e. The van der Waals surface area contributed by atoms with E-state index in [4.69, 9.17) is 4.74 Å². The standard InChI is InChI=1S/C17H26N4O4/c1-13-11-14(19-16(23)18-13)15(22)21-5-2-3-17(24,4-6-21)12-20-7-9-25-10-8-20/h11,24H,2-10,12H2,1H3,(H,18,19,23)/t17-/m0/s1. The van der Waals surface area contributed by atoms with Crippen LogP contribution in [0.4, 0.5) is 0 Å². The van der Waals surface area contributed by atoms with Crippen LogP contribution < -0.4 is 5.69 Å². The molecule has 0 unspecified atom stereocenters. The zero-order chi connectivity index (χ0) is 17.9. The summed E-state index contributed by atoms with van der Waals surface area (Å²) in [7, 11) is 0. The molecule has 1 amide bonds. The number of aryl methyl sites for hydroxylation is 1. The van der Waals surface area contributed by atoms with E-state index >= 15 is 0 Å². The Balaban J connectivity index is 1.64. The third kappa shape index (κ3) is 4.65. The topological polar surface area (TPSA) is 98.8 Å². The van der Waals surface area contributed by atoms with Gasteiger partial charge in [0.15, 0.2) is 0 Å². The molecule has 3 rings (SSSR count). The summed E-state index contributed by atoms with van der Waals surface area (Å²) < 4.78 is 5.35. The maximum atomic E-state index is 12.7. The number of morpholine rings is 1. The lowest BCUT2D eigenvalue weighted by Crippen LogP contribution is -2.48. The van der Waals surface area contributed by atoms with E-state index < -0.39 is 11.3 Å². The van der Waals surface area contributed by atoms with Gasteiger partial charge in [-0.05, 0) is 32.3 Å². The van der Waals surface area contributed by atoms with Crippen molar-refractivity contribution in [2.45, 2.75) is 31.8 Å². The van der Waals surface area contributed by atoms with E-state index in [1.54, 1.807) is 17.9 Å². The van der Waals surface area contributed by atoms with Crippen molar-refractivity contribution in [3.63, 3.8) is 0 Å². The first-order chi connectivity index (χ1) is 12.0. The lowest BCUT2D eigenvalue weighted by molar-refractivity contribution is -0.0389. The van der Waals surface area contributed by atoms with Gasteiger partial charge in [-0.1, -0.05) is 0 Å². The number of rotatable bonds is 3. The minimum absolute atomic E-state index is 0.167. The largest absolute Gasteiger partial charge is 0.388 e. The van der Waals surface area contributed by atoms with Crippen LogP contribution in [-0.2, 0) is 4.74 Å². The Labute approximate surface area is 146 Å². The predicted molar refractivity (Wildman–Crippen MR) is 91.6 cm³/mol. The first-order valence-electron chi connectivity index (χ1n) is 8.85. The quantitative estimate of drug-likeness (QED) is 0.781. The summed E-state index contributed by atoms with van der Waals surface area (Å²) in [5.41, 5.74) is -0.520. The van der Waals surface area contributed by atoms with E-state index in [9.17, 15) is 14.7 Å². The summed E-state index contributed by atoms with van der Waals surface area (Å²) in [5.74, 6) is -0.246. The number of aliphatic hydroxyl groups is 1. The fraction of sp³-hybridized carbons (Fsp3) is 0.706. The number of amides is 1. The fourth-order valence-electron chi connectivity index (χ4n) is 3.57. The molecule has 8 heteroatoms. The molecule has 2 aliphatic heterocycles. The van der Waals surface area contributed by atoms with Crippen molar-refractivity contribution in [1.29, 1.82) is 0 Å². The van der Waals surface area contributed by atoms with E-state index in [1.807, 2.05) is 0 Å². The highest BCUT2D eigenvalue weighted by Crippen LogP contribution is 2.24. The number of likely N-dealkylation sites (tertiary alicyclic amines) is 1. The van der Waals surface area contributed by atoms with Crippen LogP contribution in [0.1, 0.15) is 35.4 Å². The van der Waals surface area contributed by atoms with Gasteiger partial charge in [0, 0.05) is 38.4 Å². The van der Waals surface area contributed by atoms with Crippen molar-refractivity contribution in [2.75, 3.05) is 45.9 Å². The van der Waals surface area contributed by atoms with Gasteiger partial charge in [-0.2, -0.15) is 4.98 Å². The van der Waals surface area contributed by atoms with E-state index in [2.05, 4.69) is 14.9 Å². The van der Waals surface area contributed by atoms with Gasteiger partial charge in [-0.15, -0.1) is 0 Å². The fourth-order valence-corrected chi connectivity index (χ4v) is 3.57. The monoisotopic (exact) mass is 350 g/mol. The van der Waals surface area contributed by atoms with Crippen LogP contribution in [0, 0.1) is 6.92 Å². The van der Waals surface area contributed by atoms with Gasteiger partial charge in [0.25, 0.3) is 5.91 Å². The average Bonchev–Trinajstić information content (AvgIpc) is 2.76. The molecule has 2 aliphatic rings. The molecule has 2 N–H and O–H groups in total. The number of H-pyrrole nitrogens is 1. The molecule has 1 aromatic heterocycles. The summed E-state index contributed by atoms with van der Waals surface area (Å²) in [4.78, 5) is 34.4. The highest BCUT2D eigenvalue weighted by atomic mass is 16.5. The van der Waals surface area contributed by atoms with E-state index in [0.29, 0.717) is 51.4 Å². The van der Waals surface area contributed by atoms with Gasteiger partial charge in [0.05, 0.1) is 18.8 Å². The van der Waals surface area contributed by atoms with Crippen molar-refractivity contribution in [3.05, 3.63) is 27.9 Å². The Morgan fingerprint density at radius 1 is 1.32 bits per heavy atom. The van der Waals surface area contributed by atoms with Gasteiger partial charge in [0.1, 0.15) is 5.69 Å². The van der Waals surface area contributed by atoms with Crippen LogP contribution in [0.2, 0.25) is 0 Å². The zero-order valence-electron chi connectivity index (χ0n) is 14.7. The second-order valence-electron chi connectivity index (χ2n) is 7.01. The first-order valence-corrected chi connectivity index (χ1v) is 8.85. The number of aromatic nitrogens is 2. The van der Waals surface area contributed by atoms with E-state index in [0.717, 1.165) is 19.5 Å². The van der Waals surface area contributed by atoms with Crippen LogP contribution >= 0.6 is 0 Å². The van der Waals surface area contributed by atoms with Gasteiger partial charge in [0.2, 0.25) is 0 Å². The second kappa shape index (κ2) is 7.63. The number of ether oxygens (including phenoxy) is 1. The minimum Gasteiger partial charge on any atom is -0.388 e. The van der Waals surface area contributed by atoms with Gasteiger partial charge in [-0.25, -0.2) is 4.79 Å². The number of hydrogen-bond donors (Lipinski definition) is 2. The Kier molecular flexibility index (Phi) is 5.51. The number of carbonyl (C=O) groups is 1. The van der Waals surface area contributed by atoms with Crippen molar-refractivity contribution in [1.82, 2.24) is 19.8 Å². The molecule has 0 aliphatic carbocycles. The van der Waals surface area contributed by atoms with Gasteiger partial charge >= 0.3 is 5.69 Å². The summed E-state index contributed by atoms with van der Waals surface area (Å²) >= 11 is 0. The predicted octanol–water partition coefficient (Wildman–Crippen LogP) is -0.232. The summed E-state index contributed by atoms with van der Waals surface area (Å²) in [6.07, 6.45) is 1.92. The third-order valence-electron chi connectivity index (χ3n) is 4.92. The molecule has 0 aromatic carbocycles. The SMILES string of the molecule is Cc1cc(C(=O)N2CCC[C@@](O)(CN3CCOCC3)CC2)nc(=O)[nH]1. The first kappa shape index (κ1) is 18.0. The summed E-state index contributed by atoms with van der Waals surface area (Å²) in [6, 6.07) is 1.59. The van der Waals surface area contributed by atoms with Crippen molar-refractivity contribution >= 4 is 5.91 Å². The molecular formula is C17H26N4O4. The number of β-amino-alcohol motifs (C(OH)–C–C–N with tert-alkyl or cyclic N) is 1. The van der Waals surface area contributed by atoms with Gasteiger partial charge in [-0.3, -0.25) is 9.69 Å². The van der Waals surface area contributed by atoms with E-state index in [1.165, 1.54) is 0 Å². The second-order valence-corrected chi connectivity index (χ2v) is 7.01. The van der Waals surface area contributed by atoms with Crippen LogP contribution in [0.15, 0.2) is 10.9 Å². The van der Waals surface area contributed by atoms with Crippen molar-refractivity contribution in [3.8, 4) is 0 Å². The Morgan fingerprint density at radius 2 is 2.08 bits per heavy atom. The van der Waals surface area contributed by atoms with Crippen LogP contribution in [-0.4, -0.2) is 82.3 Å². The van der Waals surface area contributed by atoms with E-state index in [-0.39, 0.29) is 11.6 Å². The zero-order valence-corrected chi connectivity index (χ0v) is 14.7. The molecule has 0 spiro atoms. The summed E-state index contributed by atoms with van der Waals surface area (Å²) in [6.45, 7) is 6.44. The number of nitrogens with zero attached hydrogens (tertiary/aromatic N) is 3. The minimum atomic E-state index is -0.788. The van der Waals surface area contributed by atoms with Crippen LogP contribution in [0.5, 0.6) is 0 Å². The molecular weight excluding hydrogens is 324 g/mol. The molecule has 0 bridgehead atoms. The number of nitrogens with one attached hydrogen (secondary N) is 1. The Morgan fingerprint density at radius 3 is 2.80 bits per heavy atom. The maximum absolute atomic E-state index is 12.7. The molecule has 2 fully saturated rings. The Bertz CT molecular complexity index is 671. The molecule has 1 aromatic rings.